The summed E-state index contributed by atoms with van der Waals surface area (Å²) in [6, 6.07) is 3.47. The van der Waals surface area contributed by atoms with Crippen molar-refractivity contribution in [3.8, 4) is 0 Å². The highest BCUT2D eigenvalue weighted by molar-refractivity contribution is 5.94. The van der Waals surface area contributed by atoms with Crippen LogP contribution in [0, 0.1) is 0 Å². The first-order chi connectivity index (χ1) is 9.70. The summed E-state index contributed by atoms with van der Waals surface area (Å²) in [6.45, 7) is 0.354. The van der Waals surface area contributed by atoms with Gasteiger partial charge in [0, 0.05) is 18.3 Å². The van der Waals surface area contributed by atoms with Crippen LogP contribution < -0.4 is 5.06 Å². The largest absolute Gasteiger partial charge is 0.392 e. The summed E-state index contributed by atoms with van der Waals surface area (Å²) in [5.74, 6) is -1.71. The van der Waals surface area contributed by atoms with Gasteiger partial charge in [-0.1, -0.05) is 6.08 Å². The third-order valence-electron chi connectivity index (χ3n) is 2.35. The number of nitrogens with zero attached hydrogens (tertiary/aromatic N) is 2. The number of fused-ring (bicyclic) bond motifs is 1. The van der Waals surface area contributed by atoms with Crippen LogP contribution in [0.15, 0.2) is 36.6 Å². The summed E-state index contributed by atoms with van der Waals surface area (Å²) >= 11 is 0. The minimum absolute atomic E-state index is 0.0185. The number of esters is 1. The fraction of sp³-hybridized carbons (Fsp3) is 0.0769. The molecule has 0 saturated heterocycles. The van der Waals surface area contributed by atoms with Crippen LogP contribution in [0.5, 0.6) is 0 Å². The van der Waals surface area contributed by atoms with Gasteiger partial charge in [0.25, 0.3) is 0 Å². The number of aromatic nitrogens is 1. The zero-order valence-corrected chi connectivity index (χ0v) is 10.3. The van der Waals surface area contributed by atoms with Crippen LogP contribution in [0.1, 0.15) is 5.69 Å². The molecule has 2 rings (SSSR count). The second-order valence-corrected chi connectivity index (χ2v) is 3.65. The van der Waals surface area contributed by atoms with Crippen LogP contribution >= 0.6 is 0 Å². The molecule has 1 aromatic heterocycles. The quantitative estimate of drug-likeness (QED) is 0.344. The second kappa shape index (κ2) is 6.28. The molecule has 0 N–H and O–H groups in total. The first-order valence-electron chi connectivity index (χ1n) is 5.64. The Balaban J connectivity index is 2.01. The van der Waals surface area contributed by atoms with Crippen LogP contribution in [0.3, 0.4) is 0 Å². The molecule has 0 aromatic carbocycles. The average molecular weight is 274 g/mol. The van der Waals surface area contributed by atoms with Gasteiger partial charge in [-0.2, -0.15) is 0 Å². The minimum Gasteiger partial charge on any atom is -0.392 e. The first kappa shape index (κ1) is 13.5. The Bertz CT molecular complexity index is 594. The van der Waals surface area contributed by atoms with Gasteiger partial charge in [0.05, 0.1) is 12.2 Å². The fourth-order valence-corrected chi connectivity index (χ4v) is 1.56. The van der Waals surface area contributed by atoms with Crippen molar-refractivity contribution in [1.82, 2.24) is 4.98 Å². The van der Waals surface area contributed by atoms with E-state index in [2.05, 4.69) is 9.72 Å². The molecule has 0 fully saturated rings. The highest BCUT2D eigenvalue weighted by Crippen LogP contribution is 2.23. The smallest absolute Gasteiger partial charge is 0.356 e. The summed E-state index contributed by atoms with van der Waals surface area (Å²) in [6.07, 6.45) is 6.91. The predicted molar refractivity (Wildman–Crippen MR) is 68.0 cm³/mol. The Kier molecular flexibility index (Phi) is 4.23. The number of pyridine rings is 1. The fourth-order valence-electron chi connectivity index (χ4n) is 1.56. The van der Waals surface area contributed by atoms with Crippen molar-refractivity contribution in [2.45, 2.75) is 0 Å². The van der Waals surface area contributed by atoms with Crippen molar-refractivity contribution in [2.75, 3.05) is 11.6 Å². The van der Waals surface area contributed by atoms with Crippen molar-refractivity contribution >= 4 is 30.2 Å². The second-order valence-electron chi connectivity index (χ2n) is 3.65. The summed E-state index contributed by atoms with van der Waals surface area (Å²) in [5.41, 5.74) is 1.32. The van der Waals surface area contributed by atoms with E-state index in [0.717, 1.165) is 12.2 Å². The van der Waals surface area contributed by atoms with Crippen LogP contribution in [0.25, 0.3) is 6.08 Å². The van der Waals surface area contributed by atoms with Crippen molar-refractivity contribution < 1.29 is 24.0 Å². The zero-order chi connectivity index (χ0) is 14.4. The van der Waals surface area contributed by atoms with Gasteiger partial charge in [-0.05, 0) is 18.2 Å². The van der Waals surface area contributed by atoms with Crippen LogP contribution in [-0.4, -0.2) is 29.9 Å². The Morgan fingerprint density at radius 1 is 1.30 bits per heavy atom. The van der Waals surface area contributed by atoms with Gasteiger partial charge in [0.2, 0.25) is 0 Å². The molecule has 1 aliphatic rings. The number of carbonyl (C=O) groups excluding carboxylic acids is 3. The third-order valence-corrected chi connectivity index (χ3v) is 2.35. The molecular weight excluding hydrogens is 264 g/mol. The molecule has 1 aliphatic heterocycles. The maximum absolute atomic E-state index is 11.5. The summed E-state index contributed by atoms with van der Waals surface area (Å²) in [4.78, 5) is 41.5. The number of carbonyl (C=O) groups is 3. The molecule has 0 bridgehead atoms. The van der Waals surface area contributed by atoms with E-state index in [0.29, 0.717) is 17.9 Å². The maximum Gasteiger partial charge on any atom is 0.356 e. The molecule has 0 unspecified atom stereocenters. The molecule has 0 aliphatic carbocycles. The third kappa shape index (κ3) is 3.29. The van der Waals surface area contributed by atoms with E-state index in [1.807, 2.05) is 6.08 Å². The van der Waals surface area contributed by atoms with E-state index in [9.17, 15) is 14.4 Å². The molecule has 0 amide bonds. The van der Waals surface area contributed by atoms with Gasteiger partial charge in [0.1, 0.15) is 5.69 Å². The Morgan fingerprint density at radius 2 is 2.10 bits per heavy atom. The van der Waals surface area contributed by atoms with E-state index >= 15 is 0 Å². The summed E-state index contributed by atoms with van der Waals surface area (Å²) in [7, 11) is 0. The Hall–Kier alpha value is -2.96. The Morgan fingerprint density at radius 3 is 2.90 bits per heavy atom. The molecule has 20 heavy (non-hydrogen) atoms. The normalized spacial score (nSPS) is 12.9. The lowest BCUT2D eigenvalue weighted by Gasteiger charge is -2.24. The molecule has 0 spiro atoms. The number of hydroxylamine groups is 1. The maximum atomic E-state index is 11.5. The molecule has 0 saturated carbocycles. The summed E-state index contributed by atoms with van der Waals surface area (Å²) < 4.78 is 3.99. The molecule has 102 valence electrons. The minimum atomic E-state index is -0.947. The van der Waals surface area contributed by atoms with E-state index in [1.165, 1.54) is 5.06 Å². The molecule has 0 atom stereocenters. The lowest BCUT2D eigenvalue weighted by Crippen LogP contribution is -2.29. The van der Waals surface area contributed by atoms with Crippen molar-refractivity contribution in [1.29, 1.82) is 0 Å². The Labute approximate surface area is 114 Å². The van der Waals surface area contributed by atoms with Crippen molar-refractivity contribution in [3.63, 3.8) is 0 Å². The van der Waals surface area contributed by atoms with Crippen LogP contribution in [0.4, 0.5) is 5.69 Å². The zero-order valence-electron chi connectivity index (χ0n) is 10.3. The standard InChI is InChI=1S/C13H10N2O5/c16-9-19-12(17)5-6-13(18)20-15-8-2-3-10-11(15)4-1-7-14-10/h1-7,9H,8H2/b6-5+. The van der Waals surface area contributed by atoms with Gasteiger partial charge in [-0.15, -0.1) is 0 Å². The number of ether oxygens (including phenoxy) is 1. The van der Waals surface area contributed by atoms with E-state index in [-0.39, 0.29) is 6.47 Å². The lowest BCUT2D eigenvalue weighted by molar-refractivity contribution is -0.148. The topological polar surface area (TPSA) is 85.8 Å². The highest BCUT2D eigenvalue weighted by atomic mass is 16.7. The SMILES string of the molecule is O=COC(=O)/C=C/C(=O)ON1CC=Cc2ncccc21. The molecule has 7 nitrogen and oxygen atoms in total. The number of rotatable bonds is 4. The predicted octanol–water partition coefficient (Wildman–Crippen LogP) is 0.629. The lowest BCUT2D eigenvalue weighted by atomic mass is 10.2. The van der Waals surface area contributed by atoms with E-state index in [1.54, 1.807) is 24.4 Å². The molecular formula is C13H10N2O5. The van der Waals surface area contributed by atoms with Gasteiger partial charge in [-0.3, -0.25) is 9.78 Å². The van der Waals surface area contributed by atoms with Crippen molar-refractivity contribution in [2.24, 2.45) is 0 Å². The van der Waals surface area contributed by atoms with Gasteiger partial charge in [-0.25, -0.2) is 14.7 Å². The van der Waals surface area contributed by atoms with Crippen LogP contribution in [0.2, 0.25) is 0 Å². The molecule has 2 heterocycles. The number of hydrogen-bond donors (Lipinski definition) is 0. The van der Waals surface area contributed by atoms with E-state index in [4.69, 9.17) is 4.84 Å². The molecule has 7 heteroatoms. The molecule has 1 aromatic rings. The van der Waals surface area contributed by atoms with E-state index < -0.39 is 11.9 Å². The van der Waals surface area contributed by atoms with Gasteiger partial charge in [0.15, 0.2) is 0 Å². The highest BCUT2D eigenvalue weighted by Gasteiger charge is 2.16. The monoisotopic (exact) mass is 274 g/mol. The summed E-state index contributed by atoms with van der Waals surface area (Å²) in [5, 5.41) is 1.35. The molecule has 0 radical (unpaired) electrons. The van der Waals surface area contributed by atoms with Gasteiger partial charge < -0.3 is 9.57 Å². The average Bonchev–Trinajstić information content (AvgIpc) is 2.46. The van der Waals surface area contributed by atoms with Crippen molar-refractivity contribution in [3.05, 3.63) is 42.3 Å². The number of anilines is 1. The first-order valence-corrected chi connectivity index (χ1v) is 5.64. The van der Waals surface area contributed by atoms with Gasteiger partial charge >= 0.3 is 18.4 Å². The van der Waals surface area contributed by atoms with Crippen LogP contribution in [-0.2, 0) is 24.0 Å². The number of hydrogen-bond acceptors (Lipinski definition) is 7.